The molecule has 1 amide bonds. The molecule has 1 N–H and O–H groups in total. The van der Waals surface area contributed by atoms with Crippen molar-refractivity contribution in [3.8, 4) is 0 Å². The van der Waals surface area contributed by atoms with E-state index in [-0.39, 0.29) is 18.0 Å². The third-order valence-electron chi connectivity index (χ3n) is 5.41. The molecular formula is C24H24N4O2. The van der Waals surface area contributed by atoms with Gasteiger partial charge in [0.25, 0.3) is 5.56 Å². The van der Waals surface area contributed by atoms with E-state index in [0.29, 0.717) is 18.5 Å². The summed E-state index contributed by atoms with van der Waals surface area (Å²) in [5.41, 5.74) is 3.81. The Labute approximate surface area is 174 Å². The summed E-state index contributed by atoms with van der Waals surface area (Å²) in [5.74, 6) is -0.245. The molecule has 0 saturated heterocycles. The summed E-state index contributed by atoms with van der Waals surface area (Å²) in [7, 11) is 0. The molecule has 4 rings (SSSR count). The summed E-state index contributed by atoms with van der Waals surface area (Å²) in [6.07, 6.45) is 1.69. The second kappa shape index (κ2) is 8.37. The zero-order valence-corrected chi connectivity index (χ0v) is 17.1. The average Bonchev–Trinajstić information content (AvgIpc) is 3.01. The lowest BCUT2D eigenvalue weighted by molar-refractivity contribution is -0.122. The molecule has 6 heteroatoms. The van der Waals surface area contributed by atoms with Gasteiger partial charge in [0.05, 0.1) is 11.6 Å². The van der Waals surface area contributed by atoms with Crippen molar-refractivity contribution in [1.82, 2.24) is 19.7 Å². The van der Waals surface area contributed by atoms with E-state index >= 15 is 0 Å². The molecule has 0 aliphatic rings. The van der Waals surface area contributed by atoms with E-state index in [4.69, 9.17) is 0 Å². The maximum atomic E-state index is 13.1. The number of fused-ring (bicyclic) bond motifs is 1. The summed E-state index contributed by atoms with van der Waals surface area (Å²) in [6, 6.07) is 19.8. The van der Waals surface area contributed by atoms with Gasteiger partial charge in [-0.25, -0.2) is 4.68 Å². The predicted octanol–water partition coefficient (Wildman–Crippen LogP) is 3.18. The van der Waals surface area contributed by atoms with Crippen LogP contribution in [0.1, 0.15) is 22.5 Å². The zero-order valence-electron chi connectivity index (χ0n) is 17.1. The number of nitrogens with one attached hydrogen (secondary N) is 1. The van der Waals surface area contributed by atoms with Crippen LogP contribution in [-0.4, -0.2) is 20.3 Å². The summed E-state index contributed by atoms with van der Waals surface area (Å²) < 4.78 is 3.37. The van der Waals surface area contributed by atoms with Crippen LogP contribution in [0.25, 0.3) is 10.8 Å². The first-order valence-electron chi connectivity index (χ1n) is 9.94. The number of aromatic nitrogens is 3. The molecule has 0 saturated carbocycles. The molecule has 0 aliphatic heterocycles. The zero-order chi connectivity index (χ0) is 21.1. The summed E-state index contributed by atoms with van der Waals surface area (Å²) >= 11 is 0. The number of benzene rings is 2. The molecule has 152 valence electrons. The van der Waals surface area contributed by atoms with Gasteiger partial charge in [-0.1, -0.05) is 60.7 Å². The minimum absolute atomic E-state index is 0.107. The third-order valence-corrected chi connectivity index (χ3v) is 5.41. The highest BCUT2D eigenvalue weighted by Crippen LogP contribution is 2.23. The Bertz CT molecular complexity index is 1240. The Balaban J connectivity index is 1.58. The van der Waals surface area contributed by atoms with E-state index in [1.54, 1.807) is 6.20 Å². The maximum Gasteiger partial charge on any atom is 0.276 e. The van der Waals surface area contributed by atoms with Crippen molar-refractivity contribution >= 4 is 16.7 Å². The van der Waals surface area contributed by atoms with Crippen LogP contribution in [0.5, 0.6) is 0 Å². The average molecular weight is 400 g/mol. The minimum Gasteiger partial charge on any atom is -0.350 e. The van der Waals surface area contributed by atoms with E-state index in [0.717, 1.165) is 27.9 Å². The van der Waals surface area contributed by atoms with Gasteiger partial charge in [-0.05, 0) is 25.0 Å². The molecular weight excluding hydrogens is 376 g/mol. The Kier molecular flexibility index (Phi) is 5.48. The molecule has 0 unspecified atom stereocenters. The Morgan fingerprint density at radius 2 is 1.57 bits per heavy atom. The highest BCUT2D eigenvalue weighted by molar-refractivity contribution is 5.87. The van der Waals surface area contributed by atoms with Gasteiger partial charge in [0.15, 0.2) is 0 Å². The largest absolute Gasteiger partial charge is 0.350 e. The number of hydrogen-bond donors (Lipinski definition) is 1. The lowest BCUT2D eigenvalue weighted by Gasteiger charge is -2.09. The van der Waals surface area contributed by atoms with Crippen molar-refractivity contribution in [2.45, 2.75) is 33.5 Å². The van der Waals surface area contributed by atoms with E-state index in [2.05, 4.69) is 27.1 Å². The lowest BCUT2D eigenvalue weighted by atomic mass is 10.2. The smallest absolute Gasteiger partial charge is 0.276 e. The number of rotatable bonds is 6. The van der Waals surface area contributed by atoms with Crippen molar-refractivity contribution in [2.75, 3.05) is 0 Å². The van der Waals surface area contributed by atoms with Crippen LogP contribution in [0.4, 0.5) is 0 Å². The molecule has 4 aromatic rings. The van der Waals surface area contributed by atoms with Gasteiger partial charge >= 0.3 is 0 Å². The summed E-state index contributed by atoms with van der Waals surface area (Å²) in [6.45, 7) is 4.94. The van der Waals surface area contributed by atoms with Crippen molar-refractivity contribution in [3.05, 3.63) is 99.7 Å². The van der Waals surface area contributed by atoms with Gasteiger partial charge in [0.2, 0.25) is 5.91 Å². The fraction of sp³-hybridized carbons (Fsp3) is 0.208. The number of hydrogen-bond acceptors (Lipinski definition) is 3. The van der Waals surface area contributed by atoms with Crippen LogP contribution in [0, 0.1) is 13.8 Å². The second-order valence-corrected chi connectivity index (χ2v) is 7.40. The van der Waals surface area contributed by atoms with Crippen molar-refractivity contribution in [1.29, 1.82) is 0 Å². The Morgan fingerprint density at radius 3 is 2.23 bits per heavy atom. The van der Waals surface area contributed by atoms with Gasteiger partial charge in [-0.3, -0.25) is 9.59 Å². The highest BCUT2D eigenvalue weighted by atomic mass is 16.2. The van der Waals surface area contributed by atoms with Gasteiger partial charge in [0.1, 0.15) is 6.54 Å². The molecule has 2 aromatic carbocycles. The number of amides is 1. The van der Waals surface area contributed by atoms with Gasteiger partial charge in [-0.15, -0.1) is 0 Å². The maximum absolute atomic E-state index is 13.1. The van der Waals surface area contributed by atoms with E-state index in [9.17, 15) is 9.59 Å². The molecule has 0 radical (unpaired) electrons. The molecule has 0 bridgehead atoms. The number of carbonyl (C=O) groups is 1. The molecule has 30 heavy (non-hydrogen) atoms. The van der Waals surface area contributed by atoms with Crippen molar-refractivity contribution < 1.29 is 4.79 Å². The van der Waals surface area contributed by atoms with Crippen LogP contribution >= 0.6 is 0 Å². The standard InChI is InChI=1S/C24H24N4O2/c1-17-21-14-26-28(16-22(29)25-13-19-9-5-3-6-10-19)24(30)23(21)18(2)27(17)15-20-11-7-4-8-12-20/h3-12,14H,13,15-16H2,1-2H3,(H,25,29). The molecule has 6 nitrogen and oxygen atoms in total. The second-order valence-electron chi connectivity index (χ2n) is 7.40. The van der Waals surface area contributed by atoms with Gasteiger partial charge in [0, 0.05) is 29.9 Å². The van der Waals surface area contributed by atoms with Crippen LogP contribution in [-0.2, 0) is 24.4 Å². The molecule has 0 atom stereocenters. The quantitative estimate of drug-likeness (QED) is 0.540. The first-order valence-corrected chi connectivity index (χ1v) is 9.94. The molecule has 0 aliphatic carbocycles. The summed E-state index contributed by atoms with van der Waals surface area (Å²) in [5, 5.41) is 8.54. The summed E-state index contributed by atoms with van der Waals surface area (Å²) in [4.78, 5) is 25.4. The molecule has 2 aromatic heterocycles. The SMILES string of the molecule is Cc1c2cnn(CC(=O)NCc3ccccc3)c(=O)c2c(C)n1Cc1ccccc1. The first-order chi connectivity index (χ1) is 14.5. The molecule has 2 heterocycles. The molecule has 0 spiro atoms. The predicted molar refractivity (Wildman–Crippen MR) is 117 cm³/mol. The Hall–Kier alpha value is -3.67. The number of carbonyl (C=O) groups excluding carboxylic acids is 1. The normalized spacial score (nSPS) is 11.0. The van der Waals surface area contributed by atoms with Crippen LogP contribution in [0.3, 0.4) is 0 Å². The Morgan fingerprint density at radius 1 is 0.933 bits per heavy atom. The lowest BCUT2D eigenvalue weighted by Crippen LogP contribution is -2.33. The topological polar surface area (TPSA) is 68.9 Å². The van der Waals surface area contributed by atoms with Crippen LogP contribution in [0.2, 0.25) is 0 Å². The van der Waals surface area contributed by atoms with Crippen molar-refractivity contribution in [2.24, 2.45) is 0 Å². The monoisotopic (exact) mass is 400 g/mol. The van der Waals surface area contributed by atoms with Crippen LogP contribution in [0.15, 0.2) is 71.7 Å². The van der Waals surface area contributed by atoms with Crippen LogP contribution < -0.4 is 10.9 Å². The van der Waals surface area contributed by atoms with Gasteiger partial charge < -0.3 is 9.88 Å². The minimum atomic E-state index is -0.245. The highest BCUT2D eigenvalue weighted by Gasteiger charge is 2.17. The van der Waals surface area contributed by atoms with E-state index in [1.165, 1.54) is 4.68 Å². The van der Waals surface area contributed by atoms with Gasteiger partial charge in [-0.2, -0.15) is 5.10 Å². The fourth-order valence-corrected chi connectivity index (χ4v) is 3.75. The number of aryl methyl sites for hydroxylation is 2. The van der Waals surface area contributed by atoms with Crippen molar-refractivity contribution in [3.63, 3.8) is 0 Å². The van der Waals surface area contributed by atoms with E-state index < -0.39 is 0 Å². The first kappa shape index (κ1) is 19.6. The fourth-order valence-electron chi connectivity index (χ4n) is 3.75. The number of nitrogens with zero attached hydrogens (tertiary/aromatic N) is 3. The van der Waals surface area contributed by atoms with E-state index in [1.807, 2.05) is 62.4 Å². The molecule has 0 fully saturated rings. The third kappa shape index (κ3) is 3.89.